The van der Waals surface area contributed by atoms with Crippen LogP contribution < -0.4 is 0 Å². The summed E-state index contributed by atoms with van der Waals surface area (Å²) in [5.41, 5.74) is 0. The van der Waals surface area contributed by atoms with Gasteiger partial charge in [0, 0.05) is 6.42 Å². The van der Waals surface area contributed by atoms with E-state index in [4.69, 9.17) is 4.74 Å². The van der Waals surface area contributed by atoms with Crippen LogP contribution in [-0.4, -0.2) is 31.1 Å². The van der Waals surface area contributed by atoms with Gasteiger partial charge in [-0.15, -0.1) is 0 Å². The number of ketones is 1. The molecule has 1 fully saturated rings. The van der Waals surface area contributed by atoms with Crippen molar-refractivity contribution < 1.29 is 19.1 Å². The second kappa shape index (κ2) is 7.01. The third-order valence-electron chi connectivity index (χ3n) is 2.46. The molecule has 0 aromatic rings. The molecule has 1 aliphatic rings. The second-order valence-electron chi connectivity index (χ2n) is 3.79. The fourth-order valence-electron chi connectivity index (χ4n) is 1.45. The van der Waals surface area contributed by atoms with E-state index in [1.165, 1.54) is 7.11 Å². The molecule has 0 bridgehead atoms. The third kappa shape index (κ3) is 4.53. The number of hydrogen-bond donors (Lipinski definition) is 0. The summed E-state index contributed by atoms with van der Waals surface area (Å²) in [4.78, 5) is 22.5. The number of allylic oxidation sites excluding steroid dienone is 4. The maximum absolute atomic E-state index is 11.5. The lowest BCUT2D eigenvalue weighted by atomic mass is 10.1. The molecule has 0 radical (unpaired) electrons. The minimum Gasteiger partial charge on any atom is -0.467 e. The summed E-state index contributed by atoms with van der Waals surface area (Å²) >= 11 is 0. The van der Waals surface area contributed by atoms with Gasteiger partial charge in [0.15, 0.2) is 18.0 Å². The molecule has 17 heavy (non-hydrogen) atoms. The minimum atomic E-state index is -0.677. The highest BCUT2D eigenvalue weighted by Gasteiger charge is 2.50. The van der Waals surface area contributed by atoms with Crippen molar-refractivity contribution in [2.75, 3.05) is 7.11 Å². The highest BCUT2D eigenvalue weighted by molar-refractivity contribution is 5.94. The molecule has 1 rings (SSSR count). The summed E-state index contributed by atoms with van der Waals surface area (Å²) in [6, 6.07) is 0. The summed E-state index contributed by atoms with van der Waals surface area (Å²) < 4.78 is 9.44. The average molecular weight is 238 g/mol. The van der Waals surface area contributed by atoms with E-state index in [0.29, 0.717) is 6.42 Å². The number of hydrogen-bond acceptors (Lipinski definition) is 4. The first-order valence-corrected chi connectivity index (χ1v) is 5.73. The molecular weight excluding hydrogens is 220 g/mol. The number of methoxy groups -OCH3 is 1. The van der Waals surface area contributed by atoms with E-state index in [-0.39, 0.29) is 5.78 Å². The van der Waals surface area contributed by atoms with E-state index < -0.39 is 18.2 Å². The van der Waals surface area contributed by atoms with Gasteiger partial charge in [0.05, 0.1) is 7.11 Å². The largest absolute Gasteiger partial charge is 0.467 e. The molecule has 0 aromatic heterocycles. The molecule has 0 aliphatic carbocycles. The van der Waals surface area contributed by atoms with Gasteiger partial charge in [0.2, 0.25) is 0 Å². The molecule has 1 heterocycles. The van der Waals surface area contributed by atoms with Gasteiger partial charge in [-0.3, -0.25) is 4.79 Å². The number of carbonyl (C=O) groups excluding carboxylic acids is 2. The van der Waals surface area contributed by atoms with Gasteiger partial charge in [0.25, 0.3) is 0 Å². The number of ether oxygens (including phenoxy) is 2. The Morgan fingerprint density at radius 2 is 1.88 bits per heavy atom. The van der Waals surface area contributed by atoms with E-state index >= 15 is 0 Å². The van der Waals surface area contributed by atoms with Gasteiger partial charge in [-0.1, -0.05) is 24.3 Å². The van der Waals surface area contributed by atoms with Gasteiger partial charge in [-0.05, 0) is 19.8 Å². The Morgan fingerprint density at radius 1 is 1.18 bits per heavy atom. The SMILES string of the molecule is CC=CCCC=CCC(=O)C1OC1C(=O)OC. The van der Waals surface area contributed by atoms with Gasteiger partial charge in [-0.25, -0.2) is 4.79 Å². The number of Topliss-reactive ketones (excluding diaryl/α,β-unsaturated/α-hetero) is 1. The number of unbranched alkanes of at least 4 members (excludes halogenated alkanes) is 1. The first-order valence-electron chi connectivity index (χ1n) is 5.73. The molecule has 2 atom stereocenters. The van der Waals surface area contributed by atoms with Crippen LogP contribution in [0, 0.1) is 0 Å². The van der Waals surface area contributed by atoms with Crippen molar-refractivity contribution in [1.82, 2.24) is 0 Å². The molecular formula is C13H18O4. The quantitative estimate of drug-likeness (QED) is 0.294. The van der Waals surface area contributed by atoms with Gasteiger partial charge in [-0.2, -0.15) is 0 Å². The molecule has 1 saturated heterocycles. The molecule has 0 saturated carbocycles. The highest BCUT2D eigenvalue weighted by atomic mass is 16.6. The maximum Gasteiger partial charge on any atom is 0.338 e. The topological polar surface area (TPSA) is 55.9 Å². The summed E-state index contributed by atoms with van der Waals surface area (Å²) in [6.07, 6.45) is 8.80. The van der Waals surface area contributed by atoms with Crippen molar-refractivity contribution in [2.24, 2.45) is 0 Å². The van der Waals surface area contributed by atoms with Crippen LogP contribution in [0.5, 0.6) is 0 Å². The Kier molecular flexibility index (Phi) is 5.63. The van der Waals surface area contributed by atoms with Crippen molar-refractivity contribution in [3.63, 3.8) is 0 Å². The van der Waals surface area contributed by atoms with E-state index in [9.17, 15) is 9.59 Å². The standard InChI is InChI=1S/C13H18O4/c1-3-4-5-6-7-8-9-10(14)11-12(17-11)13(15)16-2/h3-4,7-8,11-12H,5-6,9H2,1-2H3. The van der Waals surface area contributed by atoms with Crippen LogP contribution in [0.25, 0.3) is 0 Å². The zero-order valence-electron chi connectivity index (χ0n) is 10.2. The molecule has 0 spiro atoms. The van der Waals surface area contributed by atoms with Crippen LogP contribution in [0.3, 0.4) is 0 Å². The van der Waals surface area contributed by atoms with E-state index in [1.807, 2.05) is 25.2 Å². The van der Waals surface area contributed by atoms with Gasteiger partial charge < -0.3 is 9.47 Å². The average Bonchev–Trinajstić information content (AvgIpc) is 3.12. The van der Waals surface area contributed by atoms with Crippen LogP contribution >= 0.6 is 0 Å². The van der Waals surface area contributed by atoms with Crippen LogP contribution in [0.1, 0.15) is 26.2 Å². The lowest BCUT2D eigenvalue weighted by Crippen LogP contribution is -2.16. The molecule has 0 N–H and O–H groups in total. The van der Waals surface area contributed by atoms with Crippen LogP contribution in [-0.2, 0) is 19.1 Å². The Hall–Kier alpha value is -1.42. The molecule has 94 valence electrons. The van der Waals surface area contributed by atoms with Crippen molar-refractivity contribution >= 4 is 11.8 Å². The second-order valence-corrected chi connectivity index (χ2v) is 3.79. The number of esters is 1. The van der Waals surface area contributed by atoms with Crippen LogP contribution in [0.15, 0.2) is 24.3 Å². The summed E-state index contributed by atoms with van der Waals surface area (Å²) in [5, 5.41) is 0. The monoisotopic (exact) mass is 238 g/mol. The lowest BCUT2D eigenvalue weighted by molar-refractivity contribution is -0.142. The van der Waals surface area contributed by atoms with Crippen molar-refractivity contribution in [3.8, 4) is 0 Å². The zero-order chi connectivity index (χ0) is 12.7. The van der Waals surface area contributed by atoms with Crippen molar-refractivity contribution in [1.29, 1.82) is 0 Å². The predicted molar refractivity (Wildman–Crippen MR) is 63.5 cm³/mol. The first-order chi connectivity index (χ1) is 8.20. The first kappa shape index (κ1) is 13.6. The molecule has 0 amide bonds. The maximum atomic E-state index is 11.5. The van der Waals surface area contributed by atoms with E-state index in [0.717, 1.165) is 12.8 Å². The molecule has 4 heteroatoms. The molecule has 0 aromatic carbocycles. The van der Waals surface area contributed by atoms with Crippen LogP contribution in [0.4, 0.5) is 0 Å². The van der Waals surface area contributed by atoms with E-state index in [2.05, 4.69) is 10.8 Å². The molecule has 4 nitrogen and oxygen atoms in total. The molecule has 2 unspecified atom stereocenters. The Morgan fingerprint density at radius 3 is 2.53 bits per heavy atom. The normalized spacial score (nSPS) is 23.2. The third-order valence-corrected chi connectivity index (χ3v) is 2.46. The van der Waals surface area contributed by atoms with Gasteiger partial charge >= 0.3 is 5.97 Å². The van der Waals surface area contributed by atoms with Crippen molar-refractivity contribution in [3.05, 3.63) is 24.3 Å². The zero-order valence-corrected chi connectivity index (χ0v) is 10.2. The molecule has 1 aliphatic heterocycles. The van der Waals surface area contributed by atoms with E-state index in [1.54, 1.807) is 0 Å². The number of carbonyl (C=O) groups is 2. The Labute approximate surface area is 101 Å². The fourth-order valence-corrected chi connectivity index (χ4v) is 1.45. The van der Waals surface area contributed by atoms with Gasteiger partial charge in [0.1, 0.15) is 0 Å². The lowest BCUT2D eigenvalue weighted by Gasteiger charge is -1.92. The Bertz CT molecular complexity index is 330. The van der Waals surface area contributed by atoms with Crippen molar-refractivity contribution in [2.45, 2.75) is 38.4 Å². The number of rotatable bonds is 7. The smallest absolute Gasteiger partial charge is 0.338 e. The number of epoxide rings is 1. The summed E-state index contributed by atoms with van der Waals surface area (Å²) in [6.45, 7) is 1.98. The minimum absolute atomic E-state index is 0.0670. The summed E-state index contributed by atoms with van der Waals surface area (Å²) in [5.74, 6) is -0.539. The summed E-state index contributed by atoms with van der Waals surface area (Å²) in [7, 11) is 1.28. The fraction of sp³-hybridized carbons (Fsp3) is 0.538. The highest BCUT2D eigenvalue weighted by Crippen LogP contribution is 2.25. The predicted octanol–water partition coefficient (Wildman–Crippen LogP) is 1.80. The Balaban J connectivity index is 2.17. The van der Waals surface area contributed by atoms with Crippen LogP contribution in [0.2, 0.25) is 0 Å².